The molecule has 3 heterocycles. The maximum Gasteiger partial charge on any atom is 0.226 e. The van der Waals surface area contributed by atoms with Gasteiger partial charge in [-0.3, -0.25) is 0 Å². The normalized spacial score (nSPS) is 21.9. The predicted octanol–water partition coefficient (Wildman–Crippen LogP) is 4.70. The summed E-state index contributed by atoms with van der Waals surface area (Å²) in [6.07, 6.45) is 6.64. The molecule has 1 fully saturated rings. The van der Waals surface area contributed by atoms with E-state index in [4.69, 9.17) is 28.6 Å². The fraction of sp³-hybridized carbons (Fsp3) is 0.571. The molecule has 3 rings (SSSR count). The van der Waals surface area contributed by atoms with E-state index in [0.29, 0.717) is 21.7 Å². The molecule has 1 atom stereocenters. The summed E-state index contributed by atoms with van der Waals surface area (Å²) in [7, 11) is 0. The molecule has 0 radical (unpaired) electrons. The van der Waals surface area contributed by atoms with Crippen LogP contribution < -0.4 is 5.12 Å². The van der Waals surface area contributed by atoms with Crippen LogP contribution in [0.1, 0.15) is 43.1 Å². The Hall–Kier alpha value is -0.760. The van der Waals surface area contributed by atoms with E-state index < -0.39 is 0 Å². The van der Waals surface area contributed by atoms with Gasteiger partial charge >= 0.3 is 0 Å². The molecule has 0 aliphatic carbocycles. The minimum absolute atomic E-state index is 0.0324. The molecule has 2 aliphatic rings. The smallest absolute Gasteiger partial charge is 0.226 e. The van der Waals surface area contributed by atoms with Crippen molar-refractivity contribution in [1.29, 1.82) is 0 Å². The summed E-state index contributed by atoms with van der Waals surface area (Å²) in [5, 5.41) is 7.08. The minimum atomic E-state index is -0.0324. The molecule has 22 heavy (non-hydrogen) atoms. The van der Waals surface area contributed by atoms with Crippen molar-refractivity contribution in [2.24, 2.45) is 5.10 Å². The standard InChI is InChI=1S/C14H17ClFN3OS2/c15-10-9-12(22-13(10)11-5-1-4-8-20-11)19(16)14(21)18-7-3-2-6-17-18/h6,9,11H,1-5,7-8H2. The van der Waals surface area contributed by atoms with Crippen molar-refractivity contribution in [3.63, 3.8) is 0 Å². The average Bonchev–Trinajstić information content (AvgIpc) is 2.97. The Balaban J connectivity index is 1.75. The zero-order valence-corrected chi connectivity index (χ0v) is 14.4. The van der Waals surface area contributed by atoms with Gasteiger partial charge in [-0.2, -0.15) is 5.10 Å². The van der Waals surface area contributed by atoms with E-state index in [1.165, 1.54) is 16.3 Å². The lowest BCUT2D eigenvalue weighted by Crippen LogP contribution is -2.37. The Morgan fingerprint density at radius 3 is 3.05 bits per heavy atom. The van der Waals surface area contributed by atoms with Gasteiger partial charge in [-0.15, -0.1) is 16.5 Å². The second-order valence-corrected chi connectivity index (χ2v) is 7.11. The Kier molecular flexibility index (Phi) is 5.28. The van der Waals surface area contributed by atoms with E-state index >= 15 is 0 Å². The Morgan fingerprint density at radius 1 is 1.50 bits per heavy atom. The molecule has 1 aromatic heterocycles. The summed E-state index contributed by atoms with van der Waals surface area (Å²) < 4.78 is 20.3. The van der Waals surface area contributed by atoms with Gasteiger partial charge < -0.3 is 4.74 Å². The van der Waals surface area contributed by atoms with Gasteiger partial charge in [0.25, 0.3) is 0 Å². The average molecular weight is 362 g/mol. The van der Waals surface area contributed by atoms with E-state index in [2.05, 4.69) is 5.10 Å². The van der Waals surface area contributed by atoms with Crippen molar-refractivity contribution in [1.82, 2.24) is 5.01 Å². The van der Waals surface area contributed by atoms with E-state index in [0.717, 1.165) is 43.6 Å². The summed E-state index contributed by atoms with van der Waals surface area (Å²) in [5.41, 5.74) is 0. The zero-order chi connectivity index (χ0) is 15.5. The first-order chi connectivity index (χ1) is 10.7. The molecule has 2 aliphatic heterocycles. The lowest BCUT2D eigenvalue weighted by Gasteiger charge is -2.25. The van der Waals surface area contributed by atoms with Crippen molar-refractivity contribution in [2.45, 2.75) is 38.2 Å². The van der Waals surface area contributed by atoms with Gasteiger partial charge in [0.2, 0.25) is 5.11 Å². The molecule has 0 saturated carbocycles. The minimum Gasteiger partial charge on any atom is -0.373 e. The van der Waals surface area contributed by atoms with Crippen LogP contribution in [0.3, 0.4) is 0 Å². The summed E-state index contributed by atoms with van der Waals surface area (Å²) in [4.78, 5) is 0.879. The molecular formula is C14H17ClFN3OS2. The van der Waals surface area contributed by atoms with Gasteiger partial charge in [-0.1, -0.05) is 16.1 Å². The SMILES string of the molecule is FN(C(=S)N1CCCC=N1)c1cc(Cl)c(C2CCCCO2)s1. The van der Waals surface area contributed by atoms with Gasteiger partial charge in [0.05, 0.1) is 16.0 Å². The van der Waals surface area contributed by atoms with Crippen LogP contribution >= 0.6 is 35.2 Å². The molecule has 0 N–H and O–H groups in total. The van der Waals surface area contributed by atoms with Crippen LogP contribution in [0.25, 0.3) is 0 Å². The molecule has 1 aromatic rings. The van der Waals surface area contributed by atoms with Crippen molar-refractivity contribution >= 4 is 51.5 Å². The number of hydrogen-bond donors (Lipinski definition) is 0. The maximum atomic E-state index is 14.6. The molecule has 0 spiro atoms. The first kappa shape index (κ1) is 16.1. The number of ether oxygens (including phenoxy) is 1. The van der Waals surface area contributed by atoms with Crippen LogP contribution in [-0.2, 0) is 4.74 Å². The third kappa shape index (κ3) is 3.42. The number of halogens is 2. The van der Waals surface area contributed by atoms with Crippen LogP contribution in [0.4, 0.5) is 9.48 Å². The lowest BCUT2D eigenvalue weighted by molar-refractivity contribution is 0.0172. The second kappa shape index (κ2) is 7.21. The van der Waals surface area contributed by atoms with E-state index in [1.54, 1.807) is 12.3 Å². The summed E-state index contributed by atoms with van der Waals surface area (Å²) in [6.45, 7) is 1.36. The summed E-state index contributed by atoms with van der Waals surface area (Å²) in [5.74, 6) is 0. The van der Waals surface area contributed by atoms with Gasteiger partial charge in [0.15, 0.2) is 0 Å². The molecule has 0 amide bonds. The molecule has 1 saturated heterocycles. The number of hydrazone groups is 1. The van der Waals surface area contributed by atoms with Crippen LogP contribution in [0.2, 0.25) is 5.02 Å². The first-order valence-electron chi connectivity index (χ1n) is 7.37. The van der Waals surface area contributed by atoms with E-state index in [9.17, 15) is 4.48 Å². The highest BCUT2D eigenvalue weighted by Gasteiger charge is 2.26. The van der Waals surface area contributed by atoms with Crippen molar-refractivity contribution in [2.75, 3.05) is 18.3 Å². The van der Waals surface area contributed by atoms with Gasteiger partial charge in [-0.25, -0.2) is 5.01 Å². The first-order valence-corrected chi connectivity index (χ1v) is 8.98. The Bertz CT molecular complexity index is 574. The zero-order valence-electron chi connectivity index (χ0n) is 12.0. The second-order valence-electron chi connectivity index (χ2n) is 5.28. The molecule has 8 heteroatoms. The van der Waals surface area contributed by atoms with Crippen molar-refractivity contribution < 1.29 is 9.22 Å². The van der Waals surface area contributed by atoms with Gasteiger partial charge in [0, 0.05) is 19.4 Å². The molecule has 0 bridgehead atoms. The number of hydrogen-bond acceptors (Lipinski definition) is 4. The summed E-state index contributed by atoms with van der Waals surface area (Å²) in [6, 6.07) is 1.61. The summed E-state index contributed by atoms with van der Waals surface area (Å²) >= 11 is 12.7. The third-order valence-electron chi connectivity index (χ3n) is 3.68. The third-order valence-corrected chi connectivity index (χ3v) is 5.66. The molecular weight excluding hydrogens is 345 g/mol. The molecule has 4 nitrogen and oxygen atoms in total. The van der Waals surface area contributed by atoms with Crippen molar-refractivity contribution in [3.8, 4) is 0 Å². The van der Waals surface area contributed by atoms with E-state index in [-0.39, 0.29) is 11.2 Å². The Labute approximate surface area is 143 Å². The van der Waals surface area contributed by atoms with Crippen LogP contribution in [0.5, 0.6) is 0 Å². The van der Waals surface area contributed by atoms with Gasteiger partial charge in [0.1, 0.15) is 5.00 Å². The topological polar surface area (TPSA) is 28.1 Å². The largest absolute Gasteiger partial charge is 0.373 e. The quantitative estimate of drug-likeness (QED) is 0.563. The number of rotatable bonds is 2. The number of anilines is 1. The molecule has 0 aromatic carbocycles. The Morgan fingerprint density at radius 2 is 2.36 bits per heavy atom. The fourth-order valence-electron chi connectivity index (χ4n) is 2.52. The van der Waals surface area contributed by atoms with Gasteiger partial charge in [-0.05, 0) is 50.4 Å². The lowest BCUT2D eigenvalue weighted by atomic mass is 10.1. The van der Waals surface area contributed by atoms with Crippen LogP contribution in [-0.4, -0.2) is 29.5 Å². The van der Waals surface area contributed by atoms with Crippen molar-refractivity contribution in [3.05, 3.63) is 16.0 Å². The highest BCUT2D eigenvalue weighted by molar-refractivity contribution is 7.80. The van der Waals surface area contributed by atoms with Crippen LogP contribution in [0.15, 0.2) is 11.2 Å². The highest BCUT2D eigenvalue weighted by atomic mass is 35.5. The fourth-order valence-corrected chi connectivity index (χ4v) is 4.26. The van der Waals surface area contributed by atoms with E-state index in [1.807, 2.05) is 0 Å². The highest BCUT2D eigenvalue weighted by Crippen LogP contribution is 2.42. The number of nitrogens with zero attached hydrogens (tertiary/aromatic N) is 3. The maximum absolute atomic E-state index is 14.6. The van der Waals surface area contributed by atoms with Crippen LogP contribution in [0, 0.1) is 0 Å². The number of thiophene rings is 1. The molecule has 1 unspecified atom stereocenters. The predicted molar refractivity (Wildman–Crippen MR) is 92.5 cm³/mol. The monoisotopic (exact) mass is 361 g/mol. The number of thiocarbonyl (C=S) groups is 1. The molecule has 120 valence electrons.